The molecule has 0 saturated carbocycles. The molecule has 0 radical (unpaired) electrons. The van der Waals surface area contributed by atoms with E-state index in [0.717, 1.165) is 42.9 Å². The van der Waals surface area contributed by atoms with E-state index in [1.54, 1.807) is 26.4 Å². The molecule has 2 fully saturated rings. The van der Waals surface area contributed by atoms with Crippen molar-refractivity contribution in [3.05, 3.63) is 29.3 Å². The van der Waals surface area contributed by atoms with E-state index in [2.05, 4.69) is 10.2 Å². The van der Waals surface area contributed by atoms with Gasteiger partial charge in [0.15, 0.2) is 6.29 Å². The van der Waals surface area contributed by atoms with E-state index < -0.39 is 23.8 Å². The van der Waals surface area contributed by atoms with Crippen LogP contribution < -0.4 is 10.2 Å². The summed E-state index contributed by atoms with van der Waals surface area (Å²) in [5, 5.41) is 2.21. The fourth-order valence-corrected chi connectivity index (χ4v) is 4.64. The lowest BCUT2D eigenvalue weighted by atomic mass is 9.92. The highest BCUT2D eigenvalue weighted by Crippen LogP contribution is 2.32. The summed E-state index contributed by atoms with van der Waals surface area (Å²) in [7, 11) is 3.29. The van der Waals surface area contributed by atoms with Crippen LogP contribution in [0.5, 0.6) is 0 Å². The predicted octanol–water partition coefficient (Wildman–Crippen LogP) is 1.31. The minimum absolute atomic E-state index is 0.108. The smallest absolute Gasteiger partial charge is 0.262 e. The number of imide groups is 2. The Bertz CT molecular complexity index is 905. The molecule has 3 heterocycles. The molecule has 0 spiro atoms. The first-order chi connectivity index (χ1) is 14.9. The van der Waals surface area contributed by atoms with E-state index in [0.29, 0.717) is 17.0 Å². The van der Waals surface area contributed by atoms with Crippen LogP contribution in [0.15, 0.2) is 18.2 Å². The predicted molar refractivity (Wildman–Crippen MR) is 110 cm³/mol. The summed E-state index contributed by atoms with van der Waals surface area (Å²) in [6, 6.07) is 4.31. The summed E-state index contributed by atoms with van der Waals surface area (Å²) in [6.07, 6.45) is 2.88. The Morgan fingerprint density at radius 3 is 2.32 bits per heavy atom. The third kappa shape index (κ3) is 4.07. The third-order valence-corrected chi connectivity index (χ3v) is 6.45. The highest BCUT2D eigenvalue weighted by molar-refractivity contribution is 6.23. The number of carbonyl (C=O) groups excluding carboxylic acids is 4. The standard InChI is InChI=1S/C22H27N3O6/c1-30-19(31-2)11-13-7-9-24(10-8-13)14-3-4-15-16(12-14)22(29)25(21(15)28)17-5-6-18(26)23-20(17)27/h3-4,12-13,17,19H,5-11H2,1-2H3,(H,23,26,27). The number of nitrogens with one attached hydrogen (secondary N) is 1. The first kappa shape index (κ1) is 21.5. The molecule has 166 valence electrons. The molecule has 4 amide bonds. The monoisotopic (exact) mass is 429 g/mol. The topological polar surface area (TPSA) is 105 Å². The Morgan fingerprint density at radius 1 is 1.00 bits per heavy atom. The van der Waals surface area contributed by atoms with Crippen molar-refractivity contribution >= 4 is 29.3 Å². The third-order valence-electron chi connectivity index (χ3n) is 6.45. The van der Waals surface area contributed by atoms with Gasteiger partial charge in [-0.05, 0) is 43.4 Å². The SMILES string of the molecule is COC(CC1CCN(c2ccc3c(c2)C(=O)N(C2CCC(=O)NC2=O)C3=O)CC1)OC. The lowest BCUT2D eigenvalue weighted by Gasteiger charge is -2.34. The van der Waals surface area contributed by atoms with Gasteiger partial charge in [0.25, 0.3) is 11.8 Å². The van der Waals surface area contributed by atoms with Crippen LogP contribution in [0.25, 0.3) is 0 Å². The van der Waals surface area contributed by atoms with Gasteiger partial charge >= 0.3 is 0 Å². The largest absolute Gasteiger partial charge is 0.371 e. The Morgan fingerprint density at radius 2 is 1.68 bits per heavy atom. The first-order valence-electron chi connectivity index (χ1n) is 10.6. The van der Waals surface area contributed by atoms with Gasteiger partial charge in [0, 0.05) is 45.8 Å². The Kier molecular flexibility index (Phi) is 6.06. The number of ether oxygens (including phenoxy) is 2. The minimum Gasteiger partial charge on any atom is -0.371 e. The molecular formula is C22H27N3O6. The fraction of sp³-hybridized carbons (Fsp3) is 0.545. The van der Waals surface area contributed by atoms with Crippen molar-refractivity contribution < 1.29 is 28.7 Å². The molecule has 31 heavy (non-hydrogen) atoms. The maximum atomic E-state index is 13.0. The Balaban J connectivity index is 1.46. The van der Waals surface area contributed by atoms with Crippen LogP contribution in [-0.4, -0.2) is 68.2 Å². The van der Waals surface area contributed by atoms with Gasteiger partial charge in [0.05, 0.1) is 11.1 Å². The van der Waals surface area contributed by atoms with E-state index in [-0.39, 0.29) is 25.0 Å². The van der Waals surface area contributed by atoms with Crippen LogP contribution in [0.4, 0.5) is 5.69 Å². The summed E-state index contributed by atoms with van der Waals surface area (Å²) in [4.78, 5) is 52.6. The number of carbonyl (C=O) groups is 4. The van der Waals surface area contributed by atoms with Crippen LogP contribution in [0.2, 0.25) is 0 Å². The quantitative estimate of drug-likeness (QED) is 0.537. The van der Waals surface area contributed by atoms with Crippen molar-refractivity contribution in [3.8, 4) is 0 Å². The van der Waals surface area contributed by atoms with Crippen LogP contribution >= 0.6 is 0 Å². The first-order valence-corrected chi connectivity index (χ1v) is 10.6. The van der Waals surface area contributed by atoms with Crippen molar-refractivity contribution in [2.45, 2.75) is 44.4 Å². The van der Waals surface area contributed by atoms with Crippen molar-refractivity contribution in [1.82, 2.24) is 10.2 Å². The molecule has 9 heteroatoms. The molecule has 0 bridgehead atoms. The van der Waals surface area contributed by atoms with Gasteiger partial charge < -0.3 is 14.4 Å². The van der Waals surface area contributed by atoms with Crippen LogP contribution in [0.1, 0.15) is 52.8 Å². The second kappa shape index (κ2) is 8.76. The number of hydrogen-bond acceptors (Lipinski definition) is 7. The summed E-state index contributed by atoms with van der Waals surface area (Å²) < 4.78 is 10.6. The molecule has 4 rings (SSSR count). The van der Waals surface area contributed by atoms with Gasteiger partial charge in [-0.15, -0.1) is 0 Å². The van der Waals surface area contributed by atoms with E-state index in [1.807, 2.05) is 6.07 Å². The second-order valence-electron chi connectivity index (χ2n) is 8.24. The van der Waals surface area contributed by atoms with Gasteiger partial charge in [-0.1, -0.05) is 0 Å². The normalized spacial score (nSPS) is 22.4. The highest BCUT2D eigenvalue weighted by atomic mass is 16.7. The van der Waals surface area contributed by atoms with E-state index in [9.17, 15) is 19.2 Å². The molecule has 0 aliphatic carbocycles. The highest BCUT2D eigenvalue weighted by Gasteiger charge is 2.44. The number of fused-ring (bicyclic) bond motifs is 1. The fourth-order valence-electron chi connectivity index (χ4n) is 4.64. The Hall–Kier alpha value is -2.78. The zero-order chi connectivity index (χ0) is 22.1. The zero-order valence-electron chi connectivity index (χ0n) is 17.8. The van der Waals surface area contributed by atoms with Gasteiger partial charge in [0.2, 0.25) is 11.8 Å². The van der Waals surface area contributed by atoms with Gasteiger partial charge in [0.1, 0.15) is 6.04 Å². The van der Waals surface area contributed by atoms with E-state index in [1.165, 1.54) is 0 Å². The van der Waals surface area contributed by atoms with Crippen molar-refractivity contribution in [2.75, 3.05) is 32.2 Å². The molecule has 9 nitrogen and oxygen atoms in total. The maximum absolute atomic E-state index is 13.0. The van der Waals surface area contributed by atoms with Gasteiger partial charge in [-0.3, -0.25) is 29.4 Å². The molecule has 3 aliphatic heterocycles. The molecule has 1 aromatic carbocycles. The average molecular weight is 429 g/mol. The Labute approximate surface area is 180 Å². The van der Waals surface area contributed by atoms with E-state index in [4.69, 9.17) is 9.47 Å². The molecular weight excluding hydrogens is 402 g/mol. The van der Waals surface area contributed by atoms with Crippen LogP contribution in [-0.2, 0) is 19.1 Å². The van der Waals surface area contributed by atoms with Crippen molar-refractivity contribution in [1.29, 1.82) is 0 Å². The number of anilines is 1. The molecule has 0 aromatic heterocycles. The lowest BCUT2D eigenvalue weighted by molar-refractivity contribution is -0.136. The summed E-state index contributed by atoms with van der Waals surface area (Å²) in [6.45, 7) is 1.67. The maximum Gasteiger partial charge on any atom is 0.262 e. The van der Waals surface area contributed by atoms with Crippen LogP contribution in [0, 0.1) is 5.92 Å². The number of rotatable bonds is 6. The second-order valence-corrected chi connectivity index (χ2v) is 8.24. The molecule has 1 atom stereocenters. The molecule has 1 N–H and O–H groups in total. The summed E-state index contributed by atoms with van der Waals surface area (Å²) >= 11 is 0. The molecule has 1 unspecified atom stereocenters. The number of hydrogen-bond donors (Lipinski definition) is 1. The van der Waals surface area contributed by atoms with E-state index >= 15 is 0 Å². The molecule has 2 saturated heterocycles. The number of methoxy groups -OCH3 is 2. The zero-order valence-corrected chi connectivity index (χ0v) is 17.8. The number of piperidine rings is 2. The number of amides is 4. The summed E-state index contributed by atoms with van der Waals surface area (Å²) in [5.74, 6) is -1.44. The summed E-state index contributed by atoms with van der Waals surface area (Å²) in [5.41, 5.74) is 1.50. The number of benzene rings is 1. The van der Waals surface area contributed by atoms with Crippen molar-refractivity contribution in [3.63, 3.8) is 0 Å². The molecule has 1 aromatic rings. The minimum atomic E-state index is -0.946. The van der Waals surface area contributed by atoms with Crippen molar-refractivity contribution in [2.24, 2.45) is 5.92 Å². The van der Waals surface area contributed by atoms with Gasteiger partial charge in [-0.2, -0.15) is 0 Å². The average Bonchev–Trinajstić information content (AvgIpc) is 3.02. The van der Waals surface area contributed by atoms with Gasteiger partial charge in [-0.25, -0.2) is 0 Å². The van der Waals surface area contributed by atoms with Crippen LogP contribution in [0.3, 0.4) is 0 Å². The lowest BCUT2D eigenvalue weighted by Crippen LogP contribution is -2.54. The number of nitrogens with zero attached hydrogens (tertiary/aromatic N) is 2. The molecule has 3 aliphatic rings.